The lowest BCUT2D eigenvalue weighted by Gasteiger charge is -2.17. The van der Waals surface area contributed by atoms with Gasteiger partial charge >= 0.3 is 12.5 Å². The fraction of sp³-hybridized carbons (Fsp3) is 0.185. The molecule has 1 aromatic heterocycles. The minimum absolute atomic E-state index is 0.0777. The number of ether oxygens (including phenoxy) is 1. The van der Waals surface area contributed by atoms with Gasteiger partial charge < -0.3 is 4.74 Å². The first-order chi connectivity index (χ1) is 18.0. The van der Waals surface area contributed by atoms with E-state index in [9.17, 15) is 35.1 Å². The van der Waals surface area contributed by atoms with Crippen LogP contribution in [-0.4, -0.2) is 22.5 Å². The molecule has 4 rings (SSSR count). The molecule has 0 unspecified atom stereocenters. The van der Waals surface area contributed by atoms with E-state index in [0.717, 1.165) is 36.6 Å². The lowest BCUT2D eigenvalue weighted by atomic mass is 10.0. The summed E-state index contributed by atoms with van der Waals surface area (Å²) in [6.45, 7) is 1.98. The summed E-state index contributed by atoms with van der Waals surface area (Å²) in [5.74, 6) is -5.60. The maximum absolute atomic E-state index is 14.9. The number of aromatic nitrogens is 2. The molecule has 0 amide bonds. The normalized spacial score (nSPS) is 11.7. The Kier molecular flexibility index (Phi) is 7.66. The fourth-order valence-electron chi connectivity index (χ4n) is 3.76. The molecule has 0 N–H and O–H groups in total. The van der Waals surface area contributed by atoms with Gasteiger partial charge in [-0.15, -0.1) is 0 Å². The average Bonchev–Trinajstić information content (AvgIpc) is 2.85. The van der Waals surface area contributed by atoms with Crippen molar-refractivity contribution in [2.24, 2.45) is 0 Å². The third kappa shape index (κ3) is 5.61. The van der Waals surface area contributed by atoms with Crippen LogP contribution in [0.25, 0.3) is 33.6 Å². The molecule has 11 heteroatoms. The van der Waals surface area contributed by atoms with Gasteiger partial charge in [0.25, 0.3) is 0 Å². The van der Waals surface area contributed by atoms with Gasteiger partial charge in [-0.1, -0.05) is 31.5 Å². The largest absolute Gasteiger partial charge is 0.461 e. The SMILES string of the molecule is CCCc1ccc(-c2cnc(-c3cc(F)c(-c4ccc(OC(F)(F)C(F)F)c(F)c4)c(F)c3)nc2)c(F)c1. The number of halogens is 8. The average molecular weight is 538 g/mol. The first-order valence-corrected chi connectivity index (χ1v) is 11.2. The number of aryl methyl sites for hydroxylation is 1. The van der Waals surface area contributed by atoms with Crippen molar-refractivity contribution in [2.75, 3.05) is 0 Å². The van der Waals surface area contributed by atoms with Crippen LogP contribution in [0.5, 0.6) is 5.75 Å². The van der Waals surface area contributed by atoms with E-state index in [0.29, 0.717) is 17.7 Å². The second kappa shape index (κ2) is 10.8. The molecule has 0 saturated heterocycles. The number of hydrogen-bond acceptors (Lipinski definition) is 3. The molecule has 0 aliphatic carbocycles. The van der Waals surface area contributed by atoms with Crippen molar-refractivity contribution in [1.82, 2.24) is 9.97 Å². The van der Waals surface area contributed by atoms with Crippen LogP contribution in [0.3, 0.4) is 0 Å². The molecular formula is C27H18F8N2O. The van der Waals surface area contributed by atoms with Gasteiger partial charge in [-0.2, -0.15) is 17.6 Å². The van der Waals surface area contributed by atoms with Gasteiger partial charge in [0, 0.05) is 29.1 Å². The highest BCUT2D eigenvalue weighted by atomic mass is 19.3. The van der Waals surface area contributed by atoms with Gasteiger partial charge in [0.1, 0.15) is 17.5 Å². The standard InChI is InChI=1S/C27H18F8N2O/c1-2-3-14-4-6-18(19(28)8-14)17-12-36-25(37-13-17)16-10-21(30)24(22(31)11-16)15-5-7-23(20(29)9-15)38-27(34,35)26(32)33/h4-13,26H,2-3H2,1H3. The molecule has 0 aliphatic heterocycles. The third-order valence-electron chi connectivity index (χ3n) is 5.56. The molecule has 0 bridgehead atoms. The smallest absolute Gasteiger partial charge is 0.425 e. The first-order valence-electron chi connectivity index (χ1n) is 11.2. The van der Waals surface area contributed by atoms with E-state index in [4.69, 9.17) is 0 Å². The fourth-order valence-corrected chi connectivity index (χ4v) is 3.76. The molecule has 1 heterocycles. The quantitative estimate of drug-likeness (QED) is 0.212. The van der Waals surface area contributed by atoms with E-state index >= 15 is 0 Å². The Hall–Kier alpha value is -4.02. The summed E-state index contributed by atoms with van der Waals surface area (Å²) in [5, 5.41) is 0. The Balaban J connectivity index is 1.60. The van der Waals surface area contributed by atoms with Gasteiger partial charge in [0.05, 0.1) is 5.56 Å². The monoisotopic (exact) mass is 538 g/mol. The van der Waals surface area contributed by atoms with Gasteiger partial charge in [-0.05, 0) is 47.9 Å². The molecule has 0 atom stereocenters. The Morgan fingerprint density at radius 3 is 1.95 bits per heavy atom. The van der Waals surface area contributed by atoms with E-state index in [1.165, 1.54) is 18.5 Å². The van der Waals surface area contributed by atoms with Crippen LogP contribution in [0, 0.1) is 23.3 Å². The lowest BCUT2D eigenvalue weighted by molar-refractivity contribution is -0.254. The minimum atomic E-state index is -4.96. The molecular weight excluding hydrogens is 520 g/mol. The van der Waals surface area contributed by atoms with E-state index < -0.39 is 52.7 Å². The molecule has 198 valence electrons. The number of alkyl halides is 4. The van der Waals surface area contributed by atoms with Gasteiger partial charge in [-0.25, -0.2) is 27.5 Å². The van der Waals surface area contributed by atoms with Crippen LogP contribution in [0.2, 0.25) is 0 Å². The molecule has 0 radical (unpaired) electrons. The van der Waals surface area contributed by atoms with Crippen LogP contribution >= 0.6 is 0 Å². The second-order valence-corrected chi connectivity index (χ2v) is 8.28. The van der Waals surface area contributed by atoms with Crippen molar-refractivity contribution in [1.29, 1.82) is 0 Å². The molecule has 0 aliphatic rings. The van der Waals surface area contributed by atoms with Crippen molar-refractivity contribution in [2.45, 2.75) is 32.3 Å². The summed E-state index contributed by atoms with van der Waals surface area (Å²) < 4.78 is 113. The highest BCUT2D eigenvalue weighted by molar-refractivity contribution is 5.71. The zero-order chi connectivity index (χ0) is 27.6. The summed E-state index contributed by atoms with van der Waals surface area (Å²) >= 11 is 0. The predicted octanol–water partition coefficient (Wildman–Crippen LogP) is 8.22. The molecule has 0 saturated carbocycles. The Bertz CT molecular complexity index is 1440. The van der Waals surface area contributed by atoms with Crippen LogP contribution in [0.1, 0.15) is 18.9 Å². The van der Waals surface area contributed by atoms with Crippen molar-refractivity contribution in [3.63, 3.8) is 0 Å². The highest BCUT2D eigenvalue weighted by Gasteiger charge is 2.44. The van der Waals surface area contributed by atoms with Crippen molar-refractivity contribution in [3.05, 3.63) is 89.8 Å². The Morgan fingerprint density at radius 2 is 1.39 bits per heavy atom. The summed E-state index contributed by atoms with van der Waals surface area (Å²) in [6.07, 6.45) is -5.00. The van der Waals surface area contributed by atoms with E-state index in [1.54, 1.807) is 12.1 Å². The van der Waals surface area contributed by atoms with E-state index in [1.807, 2.05) is 6.92 Å². The second-order valence-electron chi connectivity index (χ2n) is 8.28. The summed E-state index contributed by atoms with van der Waals surface area (Å²) in [4.78, 5) is 8.13. The zero-order valence-corrected chi connectivity index (χ0v) is 19.6. The topological polar surface area (TPSA) is 35.0 Å². The molecule has 4 aromatic rings. The number of rotatable bonds is 8. The van der Waals surface area contributed by atoms with Gasteiger partial charge in [0.15, 0.2) is 17.4 Å². The molecule has 38 heavy (non-hydrogen) atoms. The van der Waals surface area contributed by atoms with Crippen molar-refractivity contribution in [3.8, 4) is 39.4 Å². The molecule has 0 spiro atoms. The predicted molar refractivity (Wildman–Crippen MR) is 124 cm³/mol. The minimum Gasteiger partial charge on any atom is -0.425 e. The lowest BCUT2D eigenvalue weighted by Crippen LogP contribution is -2.33. The Morgan fingerprint density at radius 1 is 0.763 bits per heavy atom. The van der Waals surface area contributed by atoms with Crippen LogP contribution < -0.4 is 4.74 Å². The van der Waals surface area contributed by atoms with Crippen molar-refractivity contribution >= 4 is 0 Å². The van der Waals surface area contributed by atoms with E-state index in [2.05, 4.69) is 14.7 Å². The Labute approximate surface area is 211 Å². The molecule has 0 fully saturated rings. The van der Waals surface area contributed by atoms with Crippen LogP contribution in [-0.2, 0) is 6.42 Å². The molecule has 3 aromatic carbocycles. The highest BCUT2D eigenvalue weighted by Crippen LogP contribution is 2.35. The maximum Gasteiger partial charge on any atom is 0.461 e. The van der Waals surface area contributed by atoms with E-state index in [-0.39, 0.29) is 17.0 Å². The summed E-state index contributed by atoms with van der Waals surface area (Å²) in [6, 6.07) is 8.42. The van der Waals surface area contributed by atoms with Crippen LogP contribution in [0.15, 0.2) is 60.9 Å². The zero-order valence-electron chi connectivity index (χ0n) is 19.6. The molecule has 3 nitrogen and oxygen atoms in total. The van der Waals surface area contributed by atoms with Crippen molar-refractivity contribution < 1.29 is 39.9 Å². The van der Waals surface area contributed by atoms with Crippen LogP contribution in [0.4, 0.5) is 35.1 Å². The van der Waals surface area contributed by atoms with Gasteiger partial charge in [0.2, 0.25) is 0 Å². The third-order valence-corrected chi connectivity index (χ3v) is 5.56. The number of nitrogens with zero attached hydrogens (tertiary/aromatic N) is 2. The number of benzene rings is 3. The first kappa shape index (κ1) is 27.0. The summed E-state index contributed by atoms with van der Waals surface area (Å²) in [7, 11) is 0. The summed E-state index contributed by atoms with van der Waals surface area (Å²) in [5.41, 5.74) is 0.268. The maximum atomic E-state index is 14.9. The number of hydrogen-bond donors (Lipinski definition) is 0. The van der Waals surface area contributed by atoms with Gasteiger partial charge in [-0.3, -0.25) is 0 Å².